The first-order valence-corrected chi connectivity index (χ1v) is 8.37. The third-order valence-corrected chi connectivity index (χ3v) is 6.67. The van der Waals surface area contributed by atoms with Gasteiger partial charge in [0, 0.05) is 11.2 Å². The summed E-state index contributed by atoms with van der Waals surface area (Å²) in [6.07, 6.45) is 2.46. The van der Waals surface area contributed by atoms with E-state index in [1.54, 1.807) is 7.11 Å². The minimum Gasteiger partial charge on any atom is -0.558 e. The molecule has 5 heteroatoms. The summed E-state index contributed by atoms with van der Waals surface area (Å²) >= 11 is 0. The summed E-state index contributed by atoms with van der Waals surface area (Å²) in [6.45, 7) is 9.21. The zero-order valence-corrected chi connectivity index (χ0v) is 15.5. The van der Waals surface area contributed by atoms with Crippen LogP contribution in [0.25, 0.3) is 0 Å². The fourth-order valence-corrected chi connectivity index (χ4v) is 4.32. The summed E-state index contributed by atoms with van der Waals surface area (Å²) in [5.41, 5.74) is 1.72. The Kier molecular flexibility index (Phi) is 3.65. The maximum atomic E-state index is 6.76. The molecule has 2 aliphatic carbocycles. The number of rotatable bonds is 3. The SMILES string of the molecule is COc1ccc(C)cc1[B-]1(C23CC2C3)OC(C)(C)C(C)(C)O1.[Li+]. The van der Waals surface area contributed by atoms with Crippen molar-refractivity contribution in [3.05, 3.63) is 23.8 Å². The predicted octanol–water partition coefficient (Wildman–Crippen LogP) is 0.425. The van der Waals surface area contributed by atoms with E-state index in [-0.39, 0.29) is 35.4 Å². The Morgan fingerprint density at radius 1 is 1.09 bits per heavy atom. The summed E-state index contributed by atoms with van der Waals surface area (Å²) in [5.74, 6) is 1.67. The number of hydrogen-bond acceptors (Lipinski definition) is 3. The number of ether oxygens (including phenoxy) is 1. The van der Waals surface area contributed by atoms with Crippen LogP contribution in [0.1, 0.15) is 46.1 Å². The van der Waals surface area contributed by atoms with Crippen molar-refractivity contribution >= 4 is 12.0 Å². The van der Waals surface area contributed by atoms with Crippen LogP contribution in [0.5, 0.6) is 5.75 Å². The molecule has 1 aromatic rings. The molecule has 3 nitrogen and oxygen atoms in total. The molecular formula is C18H26BLiO3. The van der Waals surface area contributed by atoms with Crippen molar-refractivity contribution in [3.8, 4) is 5.75 Å². The minimum atomic E-state index is -1.50. The van der Waals surface area contributed by atoms with Crippen molar-refractivity contribution in [1.82, 2.24) is 0 Å². The van der Waals surface area contributed by atoms with E-state index in [0.717, 1.165) is 17.1 Å². The number of hydrogen-bond donors (Lipinski definition) is 0. The fourth-order valence-electron chi connectivity index (χ4n) is 4.32. The Morgan fingerprint density at radius 3 is 2.04 bits per heavy atom. The van der Waals surface area contributed by atoms with Gasteiger partial charge in [0.15, 0.2) is 0 Å². The number of aryl methyl sites for hydroxylation is 1. The first-order chi connectivity index (χ1) is 10.2. The van der Waals surface area contributed by atoms with Crippen LogP contribution in [0.2, 0.25) is 5.31 Å². The van der Waals surface area contributed by atoms with Crippen molar-refractivity contribution in [1.29, 1.82) is 0 Å². The van der Waals surface area contributed by atoms with E-state index >= 15 is 0 Å². The molecule has 0 N–H and O–H groups in total. The van der Waals surface area contributed by atoms with E-state index in [0.29, 0.717) is 0 Å². The van der Waals surface area contributed by atoms with Crippen LogP contribution in [0.4, 0.5) is 0 Å². The molecule has 2 saturated carbocycles. The molecule has 1 aliphatic heterocycles. The molecule has 0 unspecified atom stereocenters. The number of benzene rings is 1. The van der Waals surface area contributed by atoms with Crippen LogP contribution in [-0.2, 0) is 9.31 Å². The second-order valence-electron chi connectivity index (χ2n) is 8.55. The summed E-state index contributed by atoms with van der Waals surface area (Å²) in [7, 11) is 1.73. The van der Waals surface area contributed by atoms with Crippen LogP contribution in [0.3, 0.4) is 0 Å². The van der Waals surface area contributed by atoms with Gasteiger partial charge in [-0.05, 0) is 40.7 Å². The predicted molar refractivity (Wildman–Crippen MR) is 88.9 cm³/mol. The molecule has 0 radical (unpaired) electrons. The van der Waals surface area contributed by atoms with Gasteiger partial charge in [0.05, 0.1) is 12.9 Å². The standard InChI is InChI=1S/C18H26BO3.Li/c1-12-7-8-15(20-6)14(9-12)19(18-10-13(18)11-18)21-16(2,3)17(4,5)22-19;/h7-9,13H,10-11H2,1-6H3;/q-1;+1. The topological polar surface area (TPSA) is 27.7 Å². The summed E-state index contributed by atoms with van der Waals surface area (Å²) in [4.78, 5) is 0. The molecule has 120 valence electrons. The van der Waals surface area contributed by atoms with Crippen LogP contribution >= 0.6 is 0 Å². The average Bonchev–Trinajstić information content (AvgIpc) is 3.24. The third-order valence-electron chi connectivity index (χ3n) is 6.67. The van der Waals surface area contributed by atoms with Crippen molar-refractivity contribution in [3.63, 3.8) is 0 Å². The first kappa shape index (κ1) is 17.4. The molecule has 3 aliphatic rings. The Hall–Kier alpha value is -0.398. The van der Waals surface area contributed by atoms with Crippen LogP contribution in [0, 0.1) is 12.8 Å². The van der Waals surface area contributed by atoms with Gasteiger partial charge in [0.25, 0.3) is 6.55 Å². The number of methoxy groups -OCH3 is 1. The van der Waals surface area contributed by atoms with Gasteiger partial charge in [-0.15, -0.1) is 5.46 Å². The normalized spacial score (nSPS) is 34.3. The average molecular weight is 308 g/mol. The molecule has 0 bridgehead atoms. The second kappa shape index (κ2) is 4.82. The van der Waals surface area contributed by atoms with Crippen LogP contribution in [-0.4, -0.2) is 24.9 Å². The van der Waals surface area contributed by atoms with Crippen LogP contribution < -0.4 is 29.1 Å². The fraction of sp³-hybridized carbons (Fsp3) is 0.667. The minimum absolute atomic E-state index is 0. The van der Waals surface area contributed by atoms with Gasteiger partial charge in [-0.3, -0.25) is 0 Å². The van der Waals surface area contributed by atoms with Gasteiger partial charge in [-0.25, -0.2) is 0 Å². The molecular weight excluding hydrogens is 282 g/mol. The molecule has 0 amide bonds. The second-order valence-corrected chi connectivity index (χ2v) is 8.55. The zero-order valence-electron chi connectivity index (χ0n) is 15.5. The van der Waals surface area contributed by atoms with Crippen molar-refractivity contribution in [2.45, 2.75) is 64.0 Å². The summed E-state index contributed by atoms with van der Waals surface area (Å²) < 4.78 is 19.2. The Bertz CT molecular complexity index is 634. The Morgan fingerprint density at radius 2 is 1.61 bits per heavy atom. The molecule has 3 fully saturated rings. The van der Waals surface area contributed by atoms with Gasteiger partial charge in [-0.1, -0.05) is 41.8 Å². The quantitative estimate of drug-likeness (QED) is 0.758. The molecule has 0 aromatic heterocycles. The monoisotopic (exact) mass is 308 g/mol. The molecule has 0 atom stereocenters. The Labute approximate surface area is 151 Å². The summed E-state index contributed by atoms with van der Waals surface area (Å²) in [5, 5.41) is 0.228. The molecule has 0 spiro atoms. The van der Waals surface area contributed by atoms with Gasteiger partial charge in [0.2, 0.25) is 0 Å². The largest absolute Gasteiger partial charge is 1.00 e. The molecule has 4 rings (SSSR count). The maximum Gasteiger partial charge on any atom is 1.00 e. The van der Waals surface area contributed by atoms with E-state index in [1.165, 1.54) is 18.4 Å². The third kappa shape index (κ3) is 2.12. The van der Waals surface area contributed by atoms with Gasteiger partial charge < -0.3 is 14.0 Å². The van der Waals surface area contributed by atoms with E-state index in [9.17, 15) is 0 Å². The van der Waals surface area contributed by atoms with Crippen molar-refractivity contribution in [2.75, 3.05) is 7.11 Å². The van der Waals surface area contributed by atoms with Gasteiger partial charge >= 0.3 is 18.9 Å². The van der Waals surface area contributed by atoms with Crippen molar-refractivity contribution in [2.24, 2.45) is 5.92 Å². The Balaban J connectivity index is 0.00000156. The van der Waals surface area contributed by atoms with Gasteiger partial charge in [0.1, 0.15) is 0 Å². The molecule has 23 heavy (non-hydrogen) atoms. The smallest absolute Gasteiger partial charge is 0.558 e. The molecule has 1 aromatic carbocycles. The van der Waals surface area contributed by atoms with E-state index in [1.807, 2.05) is 0 Å². The van der Waals surface area contributed by atoms with E-state index in [4.69, 9.17) is 14.0 Å². The van der Waals surface area contributed by atoms with E-state index < -0.39 is 6.55 Å². The molecule has 1 heterocycles. The van der Waals surface area contributed by atoms with E-state index in [2.05, 4.69) is 52.8 Å². The van der Waals surface area contributed by atoms with Gasteiger partial charge in [-0.2, -0.15) is 0 Å². The summed E-state index contributed by atoms with van der Waals surface area (Å²) in [6, 6.07) is 6.35. The first-order valence-electron chi connectivity index (χ1n) is 8.37. The molecule has 1 saturated heterocycles. The van der Waals surface area contributed by atoms with Crippen LogP contribution in [0.15, 0.2) is 18.2 Å². The zero-order chi connectivity index (χ0) is 16.0. The van der Waals surface area contributed by atoms with Crippen molar-refractivity contribution < 1.29 is 32.9 Å². The number of fused-ring (bicyclic) bond motifs is 1. The maximum absolute atomic E-state index is 6.76.